The molecule has 0 spiro atoms. The number of ether oxygens (including phenoxy) is 1. The minimum absolute atomic E-state index is 0.203. The maximum absolute atomic E-state index is 11.9. The summed E-state index contributed by atoms with van der Waals surface area (Å²) in [7, 11) is -2.66. The molecular weight excluding hydrogens is 270 g/mol. The van der Waals surface area contributed by atoms with Crippen LogP contribution in [0.2, 0.25) is 0 Å². The van der Waals surface area contributed by atoms with Gasteiger partial charge in [-0.3, -0.25) is 0 Å². The van der Waals surface area contributed by atoms with Crippen LogP contribution in [0.3, 0.4) is 0 Å². The molecule has 0 aromatic rings. The summed E-state index contributed by atoms with van der Waals surface area (Å²) in [6.07, 6.45) is 0.831. The maximum atomic E-state index is 11.9. The topological polar surface area (TPSA) is 87.7 Å². The molecule has 8 heteroatoms. The van der Waals surface area contributed by atoms with Crippen LogP contribution in [0.4, 0.5) is 4.79 Å². The number of amides is 1. The van der Waals surface area contributed by atoms with E-state index < -0.39 is 16.3 Å². The summed E-state index contributed by atoms with van der Waals surface area (Å²) in [5.41, 5.74) is 0. The molecule has 0 bridgehead atoms. The van der Waals surface area contributed by atoms with Gasteiger partial charge in [0, 0.05) is 19.1 Å². The van der Waals surface area contributed by atoms with Gasteiger partial charge in [-0.25, -0.2) is 9.52 Å². The molecule has 7 nitrogen and oxygen atoms in total. The second kappa shape index (κ2) is 7.06. The van der Waals surface area contributed by atoms with Crippen LogP contribution in [0.25, 0.3) is 0 Å². The Hall–Kier alpha value is -0.860. The monoisotopic (exact) mass is 293 g/mol. The van der Waals surface area contributed by atoms with Crippen LogP contribution >= 0.6 is 0 Å². The number of nitrogens with zero attached hydrogens (tertiary/aromatic N) is 1. The Balaban J connectivity index is 2.57. The molecule has 1 saturated heterocycles. The van der Waals surface area contributed by atoms with Crippen molar-refractivity contribution in [1.29, 1.82) is 0 Å². The first kappa shape index (κ1) is 16.2. The molecule has 2 unspecified atom stereocenters. The standard InChI is InChI=1S/C11H23N3O4S/c1-4-6-12-10-5-7-14(8-9(10)2)19(16,17)13-11(15)18-3/h9-10,12H,4-8H2,1-3H3,(H,13,15). The Morgan fingerprint density at radius 1 is 1.47 bits per heavy atom. The molecule has 1 aliphatic heterocycles. The highest BCUT2D eigenvalue weighted by Crippen LogP contribution is 2.18. The lowest BCUT2D eigenvalue weighted by atomic mass is 9.95. The van der Waals surface area contributed by atoms with E-state index in [1.54, 1.807) is 0 Å². The summed E-state index contributed by atoms with van der Waals surface area (Å²) < 4.78 is 31.3. The molecule has 2 N–H and O–H groups in total. The van der Waals surface area contributed by atoms with Gasteiger partial charge < -0.3 is 10.1 Å². The fourth-order valence-corrected chi connectivity index (χ4v) is 3.37. The average Bonchev–Trinajstić information content (AvgIpc) is 2.36. The molecule has 19 heavy (non-hydrogen) atoms. The number of rotatable bonds is 5. The number of piperidine rings is 1. The van der Waals surface area contributed by atoms with Gasteiger partial charge in [0.2, 0.25) is 0 Å². The predicted molar refractivity (Wildman–Crippen MR) is 71.9 cm³/mol. The van der Waals surface area contributed by atoms with Gasteiger partial charge in [-0.2, -0.15) is 12.7 Å². The summed E-state index contributed by atoms with van der Waals surface area (Å²) in [5.74, 6) is 0.203. The van der Waals surface area contributed by atoms with Gasteiger partial charge in [0.1, 0.15) is 0 Å². The van der Waals surface area contributed by atoms with Gasteiger partial charge in [0.15, 0.2) is 0 Å². The Morgan fingerprint density at radius 2 is 2.16 bits per heavy atom. The number of hydrogen-bond donors (Lipinski definition) is 2. The van der Waals surface area contributed by atoms with E-state index in [0.717, 1.165) is 26.5 Å². The smallest absolute Gasteiger partial charge is 0.421 e. The zero-order chi connectivity index (χ0) is 14.5. The van der Waals surface area contributed by atoms with Gasteiger partial charge in [-0.1, -0.05) is 13.8 Å². The number of hydrogen-bond acceptors (Lipinski definition) is 5. The second-order valence-corrected chi connectivity index (χ2v) is 6.45. The first-order valence-corrected chi connectivity index (χ1v) is 7.94. The third-order valence-corrected chi connectivity index (χ3v) is 4.70. The molecule has 2 atom stereocenters. The van der Waals surface area contributed by atoms with Crippen LogP contribution in [0.15, 0.2) is 0 Å². The molecule has 112 valence electrons. The van der Waals surface area contributed by atoms with Crippen LogP contribution < -0.4 is 10.0 Å². The number of methoxy groups -OCH3 is 1. The molecule has 0 radical (unpaired) electrons. The fraction of sp³-hybridized carbons (Fsp3) is 0.909. The largest absolute Gasteiger partial charge is 0.452 e. The van der Waals surface area contributed by atoms with Crippen LogP contribution in [0.1, 0.15) is 26.7 Å². The quantitative estimate of drug-likeness (QED) is 0.761. The normalized spacial score (nSPS) is 25.0. The summed E-state index contributed by atoms with van der Waals surface area (Å²) >= 11 is 0. The van der Waals surface area contributed by atoms with Gasteiger partial charge in [-0.05, 0) is 25.3 Å². The van der Waals surface area contributed by atoms with E-state index in [9.17, 15) is 13.2 Å². The lowest BCUT2D eigenvalue weighted by molar-refractivity contribution is 0.175. The maximum Gasteiger partial charge on any atom is 0.421 e. The van der Waals surface area contributed by atoms with Crippen molar-refractivity contribution in [3.63, 3.8) is 0 Å². The number of nitrogens with one attached hydrogen (secondary N) is 2. The van der Waals surface area contributed by atoms with E-state index in [4.69, 9.17) is 0 Å². The molecule has 0 aromatic carbocycles. The van der Waals surface area contributed by atoms with Gasteiger partial charge >= 0.3 is 16.3 Å². The third-order valence-electron chi connectivity index (χ3n) is 3.26. The molecule has 0 saturated carbocycles. The van der Waals surface area contributed by atoms with Crippen molar-refractivity contribution in [2.45, 2.75) is 32.7 Å². The molecule has 1 rings (SSSR count). The average molecular weight is 293 g/mol. The van der Waals surface area contributed by atoms with E-state index in [1.807, 2.05) is 11.6 Å². The van der Waals surface area contributed by atoms with Crippen molar-refractivity contribution in [3.8, 4) is 0 Å². The first-order valence-electron chi connectivity index (χ1n) is 6.50. The lowest BCUT2D eigenvalue weighted by Crippen LogP contribution is -2.53. The van der Waals surface area contributed by atoms with Crippen LogP contribution in [-0.2, 0) is 14.9 Å². The Morgan fingerprint density at radius 3 is 2.68 bits per heavy atom. The van der Waals surface area contributed by atoms with Crippen molar-refractivity contribution in [2.24, 2.45) is 5.92 Å². The van der Waals surface area contributed by atoms with Crippen molar-refractivity contribution >= 4 is 16.3 Å². The van der Waals surface area contributed by atoms with Crippen molar-refractivity contribution in [2.75, 3.05) is 26.7 Å². The molecule has 0 aromatic heterocycles. The van der Waals surface area contributed by atoms with E-state index in [-0.39, 0.29) is 5.92 Å². The van der Waals surface area contributed by atoms with Crippen molar-refractivity contribution < 1.29 is 17.9 Å². The summed E-state index contributed by atoms with van der Waals surface area (Å²) in [6.45, 7) is 5.83. The van der Waals surface area contributed by atoms with Crippen molar-refractivity contribution in [1.82, 2.24) is 14.3 Å². The van der Waals surface area contributed by atoms with E-state index in [2.05, 4.69) is 17.0 Å². The zero-order valence-electron chi connectivity index (χ0n) is 11.7. The van der Waals surface area contributed by atoms with Crippen LogP contribution in [-0.4, -0.2) is 51.6 Å². The summed E-state index contributed by atoms with van der Waals surface area (Å²) in [6, 6.07) is 0.324. The molecule has 0 aliphatic carbocycles. The Bertz CT molecular complexity index is 399. The molecule has 1 aliphatic rings. The molecule has 1 amide bonds. The van der Waals surface area contributed by atoms with Gasteiger partial charge in [0.05, 0.1) is 7.11 Å². The number of carbonyl (C=O) groups excluding carboxylic acids is 1. The summed E-state index contributed by atoms with van der Waals surface area (Å²) in [5, 5.41) is 3.41. The highest BCUT2D eigenvalue weighted by molar-refractivity contribution is 7.87. The third kappa shape index (κ3) is 4.63. The van der Waals surface area contributed by atoms with Gasteiger partial charge in [0.25, 0.3) is 0 Å². The minimum atomic E-state index is -3.79. The fourth-order valence-electron chi connectivity index (χ4n) is 2.17. The molecule has 1 fully saturated rings. The first-order chi connectivity index (χ1) is 8.90. The van der Waals surface area contributed by atoms with E-state index in [0.29, 0.717) is 19.1 Å². The molecule has 1 heterocycles. The molecular formula is C11H23N3O4S. The van der Waals surface area contributed by atoms with Crippen LogP contribution in [0.5, 0.6) is 0 Å². The van der Waals surface area contributed by atoms with Gasteiger partial charge in [-0.15, -0.1) is 0 Å². The summed E-state index contributed by atoms with van der Waals surface area (Å²) in [4.78, 5) is 11.0. The number of carbonyl (C=O) groups is 1. The Kier molecular flexibility index (Phi) is 6.02. The van der Waals surface area contributed by atoms with Crippen molar-refractivity contribution in [3.05, 3.63) is 0 Å². The predicted octanol–water partition coefficient (Wildman–Crippen LogP) is 0.297. The lowest BCUT2D eigenvalue weighted by Gasteiger charge is -2.36. The highest BCUT2D eigenvalue weighted by Gasteiger charge is 2.33. The van der Waals surface area contributed by atoms with E-state index >= 15 is 0 Å². The second-order valence-electron chi connectivity index (χ2n) is 4.78. The highest BCUT2D eigenvalue weighted by atomic mass is 32.2. The Labute approximate surface area is 114 Å². The van der Waals surface area contributed by atoms with Crippen LogP contribution in [0, 0.1) is 5.92 Å². The minimum Gasteiger partial charge on any atom is -0.452 e. The SMILES string of the molecule is CCCNC1CCN(S(=O)(=O)NC(=O)OC)CC1C. The zero-order valence-corrected chi connectivity index (χ0v) is 12.5. The van der Waals surface area contributed by atoms with E-state index in [1.165, 1.54) is 4.31 Å².